The Bertz CT molecular complexity index is 964. The van der Waals surface area contributed by atoms with Crippen LogP contribution in [0.25, 0.3) is 0 Å². The minimum atomic E-state index is -2.88. The Morgan fingerprint density at radius 2 is 2.00 bits per heavy atom. The molecule has 31 heavy (non-hydrogen) atoms. The fourth-order valence-electron chi connectivity index (χ4n) is 2.71. The van der Waals surface area contributed by atoms with Gasteiger partial charge in [-0.25, -0.2) is 4.99 Å². The molecule has 0 saturated heterocycles. The summed E-state index contributed by atoms with van der Waals surface area (Å²) >= 11 is 1.70. The number of thiophene rings is 1. The zero-order valence-corrected chi connectivity index (χ0v) is 20.4. The van der Waals surface area contributed by atoms with Crippen molar-refractivity contribution in [1.29, 1.82) is 0 Å². The van der Waals surface area contributed by atoms with Gasteiger partial charge in [0.2, 0.25) is 0 Å². The molecule has 2 N–H and O–H groups in total. The van der Waals surface area contributed by atoms with E-state index in [1.807, 2.05) is 30.0 Å². The van der Waals surface area contributed by atoms with Crippen LogP contribution in [0.1, 0.15) is 22.1 Å². The quantitative estimate of drug-likeness (QED) is 0.235. The number of hydrogen-bond acceptors (Lipinski definition) is 5. The highest BCUT2D eigenvalue weighted by atomic mass is 127. The van der Waals surface area contributed by atoms with Gasteiger partial charge in [0.05, 0.1) is 13.1 Å². The van der Waals surface area contributed by atoms with Crippen LogP contribution in [0.15, 0.2) is 46.8 Å². The molecule has 0 unspecified atom stereocenters. The van der Waals surface area contributed by atoms with Gasteiger partial charge >= 0.3 is 6.61 Å². The molecular formula is C20H25F2IN6OS. The standard InChI is InChI=1S/C20H24F2N6OS.HI/c1-14-26-27-18(28(14)2)13-25-20(23-10-9-16-7-5-11-30-16)24-12-15-6-3-4-8-17(15)29-19(21)22;/h3-8,11,19H,9-10,12-13H2,1-2H3,(H2,23,24,25);1H. The number of halogens is 3. The maximum atomic E-state index is 12.7. The van der Waals surface area contributed by atoms with E-state index in [-0.39, 0.29) is 36.3 Å². The molecule has 3 rings (SSSR count). The first-order valence-corrected chi connectivity index (χ1v) is 10.3. The molecule has 0 bridgehead atoms. The van der Waals surface area contributed by atoms with Crippen molar-refractivity contribution in [2.45, 2.75) is 33.0 Å². The Morgan fingerprint density at radius 1 is 1.19 bits per heavy atom. The van der Waals surface area contributed by atoms with Gasteiger partial charge in [-0.05, 0) is 30.9 Å². The lowest BCUT2D eigenvalue weighted by Gasteiger charge is -2.13. The highest BCUT2D eigenvalue weighted by Crippen LogP contribution is 2.21. The first-order chi connectivity index (χ1) is 14.5. The highest BCUT2D eigenvalue weighted by molar-refractivity contribution is 14.0. The molecule has 0 fully saturated rings. The van der Waals surface area contributed by atoms with Crippen LogP contribution in [-0.4, -0.2) is 33.9 Å². The number of hydrogen-bond donors (Lipinski definition) is 2. The van der Waals surface area contributed by atoms with Crippen LogP contribution < -0.4 is 15.4 Å². The molecule has 3 aromatic rings. The first-order valence-electron chi connectivity index (χ1n) is 9.45. The van der Waals surface area contributed by atoms with Crippen LogP contribution in [0.2, 0.25) is 0 Å². The lowest BCUT2D eigenvalue weighted by atomic mass is 10.2. The molecule has 168 valence electrons. The van der Waals surface area contributed by atoms with Gasteiger partial charge in [0.25, 0.3) is 0 Å². The van der Waals surface area contributed by atoms with Gasteiger partial charge in [0.15, 0.2) is 11.8 Å². The van der Waals surface area contributed by atoms with Crippen molar-refractivity contribution in [3.63, 3.8) is 0 Å². The number of ether oxygens (including phenoxy) is 1. The molecule has 0 atom stereocenters. The lowest BCUT2D eigenvalue weighted by molar-refractivity contribution is -0.0504. The maximum Gasteiger partial charge on any atom is 0.387 e. The third kappa shape index (κ3) is 7.73. The van der Waals surface area contributed by atoms with Crippen LogP contribution in [0.3, 0.4) is 0 Å². The van der Waals surface area contributed by atoms with Gasteiger partial charge in [-0.15, -0.1) is 45.5 Å². The monoisotopic (exact) mass is 562 g/mol. The van der Waals surface area contributed by atoms with Gasteiger partial charge in [-0.3, -0.25) is 0 Å². The summed E-state index contributed by atoms with van der Waals surface area (Å²) in [5, 5.41) is 16.7. The molecule has 7 nitrogen and oxygen atoms in total. The summed E-state index contributed by atoms with van der Waals surface area (Å²) in [5.41, 5.74) is 0.576. The van der Waals surface area contributed by atoms with Crippen LogP contribution in [-0.2, 0) is 26.6 Å². The second-order valence-electron chi connectivity index (χ2n) is 6.48. The second kappa shape index (κ2) is 12.5. The largest absolute Gasteiger partial charge is 0.434 e. The molecule has 2 heterocycles. The molecule has 0 aliphatic rings. The highest BCUT2D eigenvalue weighted by Gasteiger charge is 2.10. The van der Waals surface area contributed by atoms with Crippen molar-refractivity contribution < 1.29 is 13.5 Å². The summed E-state index contributed by atoms with van der Waals surface area (Å²) < 4.78 is 31.8. The van der Waals surface area contributed by atoms with Gasteiger partial charge < -0.3 is 19.9 Å². The summed E-state index contributed by atoms with van der Waals surface area (Å²) in [6.07, 6.45) is 0.854. The lowest BCUT2D eigenvalue weighted by Crippen LogP contribution is -2.38. The van der Waals surface area contributed by atoms with Crippen LogP contribution >= 0.6 is 35.3 Å². The van der Waals surface area contributed by atoms with Crippen molar-refractivity contribution in [3.05, 3.63) is 63.9 Å². The molecule has 0 aliphatic heterocycles. The van der Waals surface area contributed by atoms with Crippen LogP contribution in [0, 0.1) is 6.92 Å². The minimum absolute atomic E-state index is 0. The molecule has 11 heteroatoms. The van der Waals surface area contributed by atoms with E-state index in [2.05, 4.69) is 36.6 Å². The minimum Gasteiger partial charge on any atom is -0.434 e. The SMILES string of the molecule is Cc1nnc(CNC(=NCc2ccccc2OC(F)F)NCCc2cccs2)n1C.I. The molecule has 0 saturated carbocycles. The topological polar surface area (TPSA) is 76.4 Å². The van der Waals surface area contributed by atoms with E-state index >= 15 is 0 Å². The Balaban J connectivity index is 0.00000341. The molecular weight excluding hydrogens is 537 g/mol. The molecule has 0 aliphatic carbocycles. The van der Waals surface area contributed by atoms with Gasteiger partial charge in [0.1, 0.15) is 11.6 Å². The van der Waals surface area contributed by atoms with Crippen LogP contribution in [0.4, 0.5) is 8.78 Å². The van der Waals surface area contributed by atoms with E-state index in [1.54, 1.807) is 29.5 Å². The molecule has 0 amide bonds. The van der Waals surface area contributed by atoms with Crippen molar-refractivity contribution in [2.75, 3.05) is 6.54 Å². The van der Waals surface area contributed by atoms with E-state index < -0.39 is 6.61 Å². The summed E-state index contributed by atoms with van der Waals surface area (Å²) in [4.78, 5) is 5.81. The Hall–Kier alpha value is -2.28. The summed E-state index contributed by atoms with van der Waals surface area (Å²) in [5.74, 6) is 2.26. The zero-order chi connectivity index (χ0) is 21.3. The van der Waals surface area contributed by atoms with E-state index in [4.69, 9.17) is 0 Å². The number of aromatic nitrogens is 3. The van der Waals surface area contributed by atoms with Crippen LogP contribution in [0.5, 0.6) is 5.75 Å². The number of aryl methyl sites for hydroxylation is 1. The molecule has 2 aromatic heterocycles. The fourth-order valence-corrected chi connectivity index (χ4v) is 3.42. The average Bonchev–Trinajstić information content (AvgIpc) is 3.35. The van der Waals surface area contributed by atoms with Gasteiger partial charge in [-0.1, -0.05) is 24.3 Å². The number of alkyl halides is 2. The third-order valence-electron chi connectivity index (χ3n) is 4.44. The number of nitrogens with zero attached hydrogens (tertiary/aromatic N) is 4. The molecule has 0 radical (unpaired) electrons. The first kappa shape index (κ1) is 25.0. The van der Waals surface area contributed by atoms with Gasteiger partial charge in [-0.2, -0.15) is 8.78 Å². The number of guanidine groups is 1. The number of nitrogens with one attached hydrogen (secondary N) is 2. The zero-order valence-electron chi connectivity index (χ0n) is 17.2. The number of rotatable bonds is 9. The Kier molecular flexibility index (Phi) is 10.1. The number of benzene rings is 1. The summed E-state index contributed by atoms with van der Waals surface area (Å²) in [7, 11) is 1.89. The third-order valence-corrected chi connectivity index (χ3v) is 5.37. The van der Waals surface area contributed by atoms with Crippen molar-refractivity contribution in [1.82, 2.24) is 25.4 Å². The van der Waals surface area contributed by atoms with E-state index in [9.17, 15) is 8.78 Å². The fraction of sp³-hybridized carbons (Fsp3) is 0.350. The molecule has 1 aromatic carbocycles. The number of aliphatic imine (C=N–C) groups is 1. The normalized spacial score (nSPS) is 11.3. The van der Waals surface area contributed by atoms with Crippen molar-refractivity contribution >= 4 is 41.3 Å². The predicted molar refractivity (Wildman–Crippen MR) is 128 cm³/mol. The van der Waals surface area contributed by atoms with Crippen molar-refractivity contribution in [3.8, 4) is 5.75 Å². The van der Waals surface area contributed by atoms with E-state index in [1.165, 1.54) is 10.9 Å². The Morgan fingerprint density at radius 3 is 2.68 bits per heavy atom. The second-order valence-corrected chi connectivity index (χ2v) is 7.52. The van der Waals surface area contributed by atoms with Gasteiger partial charge in [0, 0.05) is 24.0 Å². The Labute approximate surface area is 201 Å². The maximum absolute atomic E-state index is 12.7. The smallest absolute Gasteiger partial charge is 0.387 e. The van der Waals surface area contributed by atoms with Crippen molar-refractivity contribution in [2.24, 2.45) is 12.0 Å². The molecule has 0 spiro atoms. The van der Waals surface area contributed by atoms with E-state index in [0.29, 0.717) is 24.6 Å². The summed E-state index contributed by atoms with van der Waals surface area (Å²) in [6, 6.07) is 10.7. The summed E-state index contributed by atoms with van der Waals surface area (Å²) in [6.45, 7) is 0.298. The predicted octanol–water partition coefficient (Wildman–Crippen LogP) is 3.88. The van der Waals surface area contributed by atoms with E-state index in [0.717, 1.165) is 18.1 Å². The number of para-hydroxylation sites is 1. The average molecular weight is 562 g/mol.